The van der Waals surface area contributed by atoms with Gasteiger partial charge in [-0.25, -0.2) is 4.98 Å². The number of hydrogen-bond donors (Lipinski definition) is 1. The van der Waals surface area contributed by atoms with Gasteiger partial charge in [-0.1, -0.05) is 56.1 Å². The van der Waals surface area contributed by atoms with Crippen molar-refractivity contribution in [3.05, 3.63) is 57.6 Å². The number of nitrogens with one attached hydrogen (secondary N) is 1. The van der Waals surface area contributed by atoms with Gasteiger partial charge in [0, 0.05) is 17.0 Å². The van der Waals surface area contributed by atoms with E-state index in [9.17, 15) is 4.79 Å². The molecule has 4 nitrogen and oxygen atoms in total. The van der Waals surface area contributed by atoms with Crippen LogP contribution in [0.15, 0.2) is 30.5 Å². The Morgan fingerprint density at radius 1 is 1.18 bits per heavy atom. The zero-order chi connectivity index (χ0) is 16.3. The number of nitrogens with zero attached hydrogens (tertiary/aromatic N) is 2. The van der Waals surface area contributed by atoms with Crippen LogP contribution >= 0.6 is 23.2 Å². The molecule has 0 atom stereocenters. The Kier molecular flexibility index (Phi) is 5.04. The molecule has 0 aliphatic heterocycles. The minimum absolute atomic E-state index is 0.201. The Balaban J connectivity index is 2.07. The number of amides is 1. The van der Waals surface area contributed by atoms with Crippen molar-refractivity contribution in [2.45, 2.75) is 32.7 Å². The number of hydrogen-bond acceptors (Lipinski definition) is 3. The molecule has 2 rings (SSSR count). The maximum absolute atomic E-state index is 12.1. The van der Waals surface area contributed by atoms with Crippen molar-refractivity contribution in [2.75, 3.05) is 0 Å². The second-order valence-corrected chi connectivity index (χ2v) is 6.75. The monoisotopic (exact) mass is 337 g/mol. The van der Waals surface area contributed by atoms with Gasteiger partial charge in [-0.2, -0.15) is 0 Å². The SMILES string of the molecule is CC(C)(C)c1ncc(C(=O)NCc2ccc(Cl)cc2)nc1Cl. The molecule has 0 unspecified atom stereocenters. The summed E-state index contributed by atoms with van der Waals surface area (Å²) in [7, 11) is 0. The van der Waals surface area contributed by atoms with Crippen LogP contribution in [0, 0.1) is 0 Å². The molecule has 2 aromatic rings. The lowest BCUT2D eigenvalue weighted by molar-refractivity contribution is 0.0945. The largest absolute Gasteiger partial charge is 0.347 e. The van der Waals surface area contributed by atoms with E-state index in [2.05, 4.69) is 15.3 Å². The summed E-state index contributed by atoms with van der Waals surface area (Å²) in [6.45, 7) is 6.35. The van der Waals surface area contributed by atoms with Crippen molar-refractivity contribution in [3.63, 3.8) is 0 Å². The van der Waals surface area contributed by atoms with Crippen LogP contribution in [0.1, 0.15) is 42.5 Å². The fourth-order valence-corrected chi connectivity index (χ4v) is 2.40. The number of carbonyl (C=O) groups is 1. The molecule has 6 heteroatoms. The maximum Gasteiger partial charge on any atom is 0.271 e. The molecule has 1 aromatic carbocycles. The van der Waals surface area contributed by atoms with Gasteiger partial charge in [0.2, 0.25) is 0 Å². The maximum atomic E-state index is 12.1. The van der Waals surface area contributed by atoms with Crippen molar-refractivity contribution in [3.8, 4) is 0 Å². The number of halogens is 2. The van der Waals surface area contributed by atoms with Crippen LogP contribution in [0.2, 0.25) is 10.2 Å². The molecule has 1 aromatic heterocycles. The van der Waals surface area contributed by atoms with Crippen LogP contribution in [0.4, 0.5) is 0 Å². The van der Waals surface area contributed by atoms with Crippen molar-refractivity contribution in [2.24, 2.45) is 0 Å². The van der Waals surface area contributed by atoms with Gasteiger partial charge in [-0.15, -0.1) is 0 Å². The van der Waals surface area contributed by atoms with Crippen molar-refractivity contribution >= 4 is 29.1 Å². The summed E-state index contributed by atoms with van der Waals surface area (Å²) < 4.78 is 0. The van der Waals surface area contributed by atoms with E-state index in [1.807, 2.05) is 32.9 Å². The lowest BCUT2D eigenvalue weighted by Crippen LogP contribution is -2.25. The fraction of sp³-hybridized carbons (Fsp3) is 0.312. The van der Waals surface area contributed by atoms with Gasteiger partial charge in [-0.05, 0) is 17.7 Å². The zero-order valence-electron chi connectivity index (χ0n) is 12.7. The van der Waals surface area contributed by atoms with Crippen LogP contribution < -0.4 is 5.32 Å². The second-order valence-electron chi connectivity index (χ2n) is 5.95. The van der Waals surface area contributed by atoms with Crippen LogP contribution in [0.5, 0.6) is 0 Å². The van der Waals surface area contributed by atoms with Crippen LogP contribution in [0.25, 0.3) is 0 Å². The first kappa shape index (κ1) is 16.7. The van der Waals surface area contributed by atoms with E-state index in [1.165, 1.54) is 6.20 Å². The Morgan fingerprint density at radius 2 is 1.82 bits per heavy atom. The first-order chi connectivity index (χ1) is 10.3. The molecular weight excluding hydrogens is 321 g/mol. The highest BCUT2D eigenvalue weighted by Gasteiger charge is 2.21. The van der Waals surface area contributed by atoms with Crippen LogP contribution in [-0.4, -0.2) is 15.9 Å². The number of aromatic nitrogens is 2. The minimum atomic E-state index is -0.315. The predicted octanol–water partition coefficient (Wildman–Crippen LogP) is 4.01. The summed E-state index contributed by atoms with van der Waals surface area (Å²) in [6, 6.07) is 7.25. The molecule has 0 aliphatic rings. The topological polar surface area (TPSA) is 54.9 Å². The average molecular weight is 338 g/mol. The third kappa shape index (κ3) is 4.18. The Morgan fingerprint density at radius 3 is 2.36 bits per heavy atom. The summed E-state index contributed by atoms with van der Waals surface area (Å²) in [4.78, 5) is 20.5. The number of benzene rings is 1. The molecular formula is C16H17Cl2N3O. The smallest absolute Gasteiger partial charge is 0.271 e. The minimum Gasteiger partial charge on any atom is -0.347 e. The van der Waals surface area contributed by atoms with Gasteiger partial charge >= 0.3 is 0 Å². The number of rotatable bonds is 3. The molecule has 1 N–H and O–H groups in total. The van der Waals surface area contributed by atoms with Gasteiger partial charge in [0.05, 0.1) is 11.9 Å². The van der Waals surface area contributed by atoms with Crippen LogP contribution in [-0.2, 0) is 12.0 Å². The van der Waals surface area contributed by atoms with E-state index in [0.29, 0.717) is 17.3 Å². The Labute approximate surface area is 139 Å². The highest BCUT2D eigenvalue weighted by molar-refractivity contribution is 6.30. The van der Waals surface area contributed by atoms with Gasteiger partial charge in [0.1, 0.15) is 5.69 Å². The highest BCUT2D eigenvalue weighted by atomic mass is 35.5. The molecule has 1 amide bonds. The van der Waals surface area contributed by atoms with E-state index >= 15 is 0 Å². The van der Waals surface area contributed by atoms with Gasteiger partial charge < -0.3 is 5.32 Å². The molecule has 0 fully saturated rings. The molecule has 0 saturated carbocycles. The zero-order valence-corrected chi connectivity index (χ0v) is 14.2. The summed E-state index contributed by atoms with van der Waals surface area (Å²) in [5, 5.41) is 3.69. The molecule has 22 heavy (non-hydrogen) atoms. The summed E-state index contributed by atoms with van der Waals surface area (Å²) in [5.74, 6) is -0.315. The molecule has 0 saturated heterocycles. The van der Waals surface area contributed by atoms with Gasteiger partial charge in [0.15, 0.2) is 5.15 Å². The molecule has 1 heterocycles. The standard InChI is InChI=1S/C16H17Cl2N3O/c1-16(2,3)13-14(18)21-12(9-19-13)15(22)20-8-10-4-6-11(17)7-5-10/h4-7,9H,8H2,1-3H3,(H,20,22). The lowest BCUT2D eigenvalue weighted by Gasteiger charge is -2.18. The Bertz CT molecular complexity index is 679. The van der Waals surface area contributed by atoms with Gasteiger partial charge in [-0.3, -0.25) is 9.78 Å². The Hall–Kier alpha value is -1.65. The highest BCUT2D eigenvalue weighted by Crippen LogP contribution is 2.25. The molecule has 0 radical (unpaired) electrons. The van der Waals surface area contributed by atoms with Crippen molar-refractivity contribution in [1.29, 1.82) is 0 Å². The van der Waals surface area contributed by atoms with Crippen molar-refractivity contribution in [1.82, 2.24) is 15.3 Å². The first-order valence-electron chi connectivity index (χ1n) is 6.83. The predicted molar refractivity (Wildman–Crippen MR) is 88.4 cm³/mol. The normalized spacial score (nSPS) is 11.3. The summed E-state index contributed by atoms with van der Waals surface area (Å²) >= 11 is 11.9. The van der Waals surface area contributed by atoms with E-state index in [4.69, 9.17) is 23.2 Å². The van der Waals surface area contributed by atoms with Gasteiger partial charge in [0.25, 0.3) is 5.91 Å². The third-order valence-electron chi connectivity index (χ3n) is 3.04. The summed E-state index contributed by atoms with van der Waals surface area (Å²) in [6.07, 6.45) is 1.45. The quantitative estimate of drug-likeness (QED) is 0.920. The first-order valence-corrected chi connectivity index (χ1v) is 7.58. The van der Waals surface area contributed by atoms with E-state index in [1.54, 1.807) is 12.1 Å². The lowest BCUT2D eigenvalue weighted by atomic mass is 9.92. The number of carbonyl (C=O) groups excluding carboxylic acids is 1. The molecule has 0 spiro atoms. The average Bonchev–Trinajstić information content (AvgIpc) is 2.45. The van der Waals surface area contributed by atoms with E-state index in [0.717, 1.165) is 5.56 Å². The van der Waals surface area contributed by atoms with E-state index < -0.39 is 0 Å². The second kappa shape index (κ2) is 6.63. The fourth-order valence-electron chi connectivity index (χ4n) is 1.85. The molecule has 0 aliphatic carbocycles. The van der Waals surface area contributed by atoms with E-state index in [-0.39, 0.29) is 22.2 Å². The van der Waals surface area contributed by atoms with Crippen LogP contribution in [0.3, 0.4) is 0 Å². The van der Waals surface area contributed by atoms with Crippen molar-refractivity contribution < 1.29 is 4.79 Å². The third-order valence-corrected chi connectivity index (χ3v) is 3.55. The molecule has 0 bridgehead atoms. The molecule has 116 valence electrons. The summed E-state index contributed by atoms with van der Waals surface area (Å²) in [5.41, 5.74) is 1.60.